The van der Waals surface area contributed by atoms with Gasteiger partial charge in [-0.3, -0.25) is 0 Å². The van der Waals surface area contributed by atoms with Gasteiger partial charge in [-0.25, -0.2) is 4.79 Å². The van der Waals surface area contributed by atoms with Crippen LogP contribution in [0.5, 0.6) is 0 Å². The molecule has 0 amide bonds. The minimum atomic E-state index is -4.73. The van der Waals surface area contributed by atoms with Crippen molar-refractivity contribution in [1.29, 1.82) is 0 Å². The first-order chi connectivity index (χ1) is 8.41. The van der Waals surface area contributed by atoms with E-state index < -0.39 is 23.3 Å². The Hall–Kier alpha value is -2.24. The SMILES string of the molecule is O=C(O)c1cccc(-n2cccc2)c1C(F)(F)F. The van der Waals surface area contributed by atoms with E-state index in [1.165, 1.54) is 29.1 Å². The minimum Gasteiger partial charge on any atom is -0.478 e. The van der Waals surface area contributed by atoms with Gasteiger partial charge in [-0.05, 0) is 24.3 Å². The first kappa shape index (κ1) is 12.2. The van der Waals surface area contributed by atoms with Gasteiger partial charge in [0.25, 0.3) is 0 Å². The lowest BCUT2D eigenvalue weighted by Crippen LogP contribution is -2.16. The molecule has 0 unspecified atom stereocenters. The van der Waals surface area contributed by atoms with E-state index in [2.05, 4.69) is 0 Å². The maximum absolute atomic E-state index is 13.0. The van der Waals surface area contributed by atoms with Crippen LogP contribution >= 0.6 is 0 Å². The molecule has 1 N–H and O–H groups in total. The Morgan fingerprint density at radius 2 is 1.72 bits per heavy atom. The van der Waals surface area contributed by atoms with Crippen LogP contribution in [0.4, 0.5) is 13.2 Å². The molecule has 0 fully saturated rings. The molecule has 1 heterocycles. The van der Waals surface area contributed by atoms with Crippen LogP contribution in [0.15, 0.2) is 42.7 Å². The molecule has 6 heteroatoms. The van der Waals surface area contributed by atoms with Crippen LogP contribution in [0.1, 0.15) is 15.9 Å². The highest BCUT2D eigenvalue weighted by molar-refractivity contribution is 5.90. The van der Waals surface area contributed by atoms with Gasteiger partial charge < -0.3 is 9.67 Å². The Morgan fingerprint density at radius 1 is 1.11 bits per heavy atom. The predicted octanol–water partition coefficient (Wildman–Crippen LogP) is 3.19. The van der Waals surface area contributed by atoms with Crippen molar-refractivity contribution in [1.82, 2.24) is 4.57 Å². The van der Waals surface area contributed by atoms with Gasteiger partial charge in [-0.2, -0.15) is 13.2 Å². The van der Waals surface area contributed by atoms with E-state index in [9.17, 15) is 18.0 Å². The number of hydrogen-bond donors (Lipinski definition) is 1. The van der Waals surface area contributed by atoms with Crippen LogP contribution in [-0.2, 0) is 6.18 Å². The van der Waals surface area contributed by atoms with Crippen molar-refractivity contribution in [2.75, 3.05) is 0 Å². The predicted molar refractivity (Wildman–Crippen MR) is 57.7 cm³/mol. The summed E-state index contributed by atoms with van der Waals surface area (Å²) in [7, 11) is 0. The number of alkyl halides is 3. The Morgan fingerprint density at radius 3 is 2.22 bits per heavy atom. The number of carboxylic acid groups (broad SMARTS) is 1. The van der Waals surface area contributed by atoms with Gasteiger partial charge >= 0.3 is 12.1 Å². The molecule has 0 aliphatic rings. The second kappa shape index (κ2) is 4.21. The zero-order chi connectivity index (χ0) is 13.3. The summed E-state index contributed by atoms with van der Waals surface area (Å²) in [6.07, 6.45) is -1.87. The molecule has 2 rings (SSSR count). The van der Waals surface area contributed by atoms with Gasteiger partial charge in [0, 0.05) is 12.4 Å². The van der Waals surface area contributed by atoms with Crippen molar-refractivity contribution in [3.8, 4) is 5.69 Å². The van der Waals surface area contributed by atoms with E-state index in [-0.39, 0.29) is 5.69 Å². The number of halogens is 3. The summed E-state index contributed by atoms with van der Waals surface area (Å²) in [4.78, 5) is 10.9. The number of hydrogen-bond acceptors (Lipinski definition) is 1. The van der Waals surface area contributed by atoms with E-state index in [4.69, 9.17) is 5.11 Å². The normalized spacial score (nSPS) is 11.5. The maximum Gasteiger partial charge on any atom is 0.419 e. The number of carboxylic acids is 1. The van der Waals surface area contributed by atoms with Crippen molar-refractivity contribution in [2.45, 2.75) is 6.18 Å². The standard InChI is InChI=1S/C12H8F3NO2/c13-12(14,15)10-8(11(17)18)4-3-5-9(10)16-6-1-2-7-16/h1-7H,(H,17,18). The van der Waals surface area contributed by atoms with Crippen molar-refractivity contribution < 1.29 is 23.1 Å². The molecule has 0 bridgehead atoms. The average molecular weight is 255 g/mol. The molecule has 1 aromatic heterocycles. The van der Waals surface area contributed by atoms with Crippen LogP contribution < -0.4 is 0 Å². The van der Waals surface area contributed by atoms with Gasteiger partial charge in [0.15, 0.2) is 0 Å². The molecule has 0 saturated heterocycles. The third-order valence-corrected chi connectivity index (χ3v) is 2.44. The third kappa shape index (κ3) is 2.09. The van der Waals surface area contributed by atoms with Crippen LogP contribution in [0.3, 0.4) is 0 Å². The maximum atomic E-state index is 13.0. The summed E-state index contributed by atoms with van der Waals surface area (Å²) in [5.41, 5.74) is -2.10. The second-order valence-electron chi connectivity index (χ2n) is 3.59. The van der Waals surface area contributed by atoms with Crippen molar-refractivity contribution >= 4 is 5.97 Å². The fourth-order valence-corrected chi connectivity index (χ4v) is 1.73. The van der Waals surface area contributed by atoms with Crippen LogP contribution in [0.2, 0.25) is 0 Å². The lowest BCUT2D eigenvalue weighted by atomic mass is 10.0. The summed E-state index contributed by atoms with van der Waals surface area (Å²) in [5.74, 6) is -1.60. The number of aromatic nitrogens is 1. The monoisotopic (exact) mass is 255 g/mol. The van der Waals surface area contributed by atoms with Gasteiger partial charge in [-0.15, -0.1) is 0 Å². The number of nitrogens with zero attached hydrogens (tertiary/aromatic N) is 1. The van der Waals surface area contributed by atoms with Crippen molar-refractivity contribution in [3.63, 3.8) is 0 Å². The zero-order valence-electron chi connectivity index (χ0n) is 8.98. The fraction of sp³-hybridized carbons (Fsp3) is 0.0833. The number of aromatic carboxylic acids is 1. The summed E-state index contributed by atoms with van der Waals surface area (Å²) in [5, 5.41) is 8.84. The van der Waals surface area contributed by atoms with E-state index in [0.29, 0.717) is 0 Å². The molecule has 0 aliphatic carbocycles. The molecule has 2 aromatic rings. The molecule has 0 aliphatic heterocycles. The van der Waals surface area contributed by atoms with Crippen LogP contribution in [0, 0.1) is 0 Å². The zero-order valence-corrected chi connectivity index (χ0v) is 8.98. The minimum absolute atomic E-state index is 0.201. The number of rotatable bonds is 2. The van der Waals surface area contributed by atoms with Gasteiger partial charge in [-0.1, -0.05) is 6.07 Å². The first-order valence-corrected chi connectivity index (χ1v) is 4.98. The molecule has 0 saturated carbocycles. The van der Waals surface area contributed by atoms with Gasteiger partial charge in [0.2, 0.25) is 0 Å². The van der Waals surface area contributed by atoms with E-state index in [1.54, 1.807) is 12.1 Å². The largest absolute Gasteiger partial charge is 0.478 e. The van der Waals surface area contributed by atoms with Crippen molar-refractivity contribution in [2.24, 2.45) is 0 Å². The summed E-state index contributed by atoms with van der Waals surface area (Å²) in [6, 6.07) is 6.59. The Labute approximate surface area is 100 Å². The molecule has 0 radical (unpaired) electrons. The fourth-order valence-electron chi connectivity index (χ4n) is 1.73. The van der Waals surface area contributed by atoms with Gasteiger partial charge in [0.05, 0.1) is 16.8 Å². The molecule has 94 valence electrons. The summed E-state index contributed by atoms with van der Waals surface area (Å²) < 4.78 is 40.2. The quantitative estimate of drug-likeness (QED) is 0.895. The second-order valence-corrected chi connectivity index (χ2v) is 3.59. The topological polar surface area (TPSA) is 42.2 Å². The number of benzene rings is 1. The molecular formula is C12H8F3NO2. The van der Waals surface area contributed by atoms with Crippen molar-refractivity contribution in [3.05, 3.63) is 53.9 Å². The van der Waals surface area contributed by atoms with Crippen LogP contribution in [0.25, 0.3) is 5.69 Å². The summed E-state index contributed by atoms with van der Waals surface area (Å²) in [6.45, 7) is 0. The molecule has 18 heavy (non-hydrogen) atoms. The summed E-state index contributed by atoms with van der Waals surface area (Å²) >= 11 is 0. The van der Waals surface area contributed by atoms with E-state index in [0.717, 1.165) is 6.07 Å². The molecule has 0 atom stereocenters. The lowest BCUT2D eigenvalue weighted by Gasteiger charge is -2.16. The Balaban J connectivity index is 2.75. The third-order valence-electron chi connectivity index (χ3n) is 2.44. The van der Waals surface area contributed by atoms with Gasteiger partial charge in [0.1, 0.15) is 0 Å². The Kier molecular flexibility index (Phi) is 2.86. The lowest BCUT2D eigenvalue weighted by molar-refractivity contribution is -0.138. The molecular weight excluding hydrogens is 247 g/mol. The van der Waals surface area contributed by atoms with E-state index >= 15 is 0 Å². The smallest absolute Gasteiger partial charge is 0.419 e. The van der Waals surface area contributed by atoms with Crippen LogP contribution in [-0.4, -0.2) is 15.6 Å². The number of carbonyl (C=O) groups is 1. The molecule has 3 nitrogen and oxygen atoms in total. The highest BCUT2D eigenvalue weighted by Gasteiger charge is 2.38. The highest BCUT2D eigenvalue weighted by Crippen LogP contribution is 2.36. The molecule has 1 aromatic carbocycles. The average Bonchev–Trinajstić information content (AvgIpc) is 2.80. The highest BCUT2D eigenvalue weighted by atomic mass is 19.4. The first-order valence-electron chi connectivity index (χ1n) is 4.98. The Bertz CT molecular complexity index is 574. The van der Waals surface area contributed by atoms with E-state index in [1.807, 2.05) is 0 Å². The molecule has 0 spiro atoms.